The third-order valence-corrected chi connectivity index (χ3v) is 12.9. The van der Waals surface area contributed by atoms with E-state index in [1.807, 2.05) is 27.7 Å². The normalized spacial score (nSPS) is 24.0. The van der Waals surface area contributed by atoms with Gasteiger partial charge in [-0.3, -0.25) is 0 Å². The van der Waals surface area contributed by atoms with E-state index in [4.69, 9.17) is 0 Å². The summed E-state index contributed by atoms with van der Waals surface area (Å²) in [5.74, 6) is 0. The summed E-state index contributed by atoms with van der Waals surface area (Å²) >= 11 is 0. The van der Waals surface area contributed by atoms with E-state index in [1.165, 1.54) is 0 Å². The van der Waals surface area contributed by atoms with Crippen molar-refractivity contribution >= 4 is 16.1 Å². The summed E-state index contributed by atoms with van der Waals surface area (Å²) in [4.78, 5) is 0. The molecule has 27 heavy (non-hydrogen) atoms. The summed E-state index contributed by atoms with van der Waals surface area (Å²) in [6, 6.07) is 0. The Hall–Kier alpha value is 1.24. The minimum absolute atomic E-state index is 0. The Balaban J connectivity index is 0.000000520. The van der Waals surface area contributed by atoms with Gasteiger partial charge in [0, 0.05) is 0 Å². The molecule has 1 saturated heterocycles. The van der Waals surface area contributed by atoms with Gasteiger partial charge in [-0.1, -0.05) is 53.9 Å². The maximum atomic E-state index is 3.97. The summed E-state index contributed by atoms with van der Waals surface area (Å²) in [7, 11) is -2.76. The van der Waals surface area contributed by atoms with Crippen LogP contribution in [-0.2, 0) is 26.2 Å². The fourth-order valence-corrected chi connectivity index (χ4v) is 13.2. The molecule has 0 aromatic heterocycles. The van der Waals surface area contributed by atoms with Crippen molar-refractivity contribution in [3.8, 4) is 0 Å². The monoisotopic (exact) mass is 476 g/mol. The van der Waals surface area contributed by atoms with Gasteiger partial charge in [0.25, 0.3) is 0 Å². The van der Waals surface area contributed by atoms with Crippen LogP contribution in [0, 0.1) is 60.7 Å². The second-order valence-electron chi connectivity index (χ2n) is 7.67. The quantitative estimate of drug-likeness (QED) is 0.449. The van der Waals surface area contributed by atoms with Gasteiger partial charge in [0.2, 0.25) is 0 Å². The van der Waals surface area contributed by atoms with Gasteiger partial charge in [0.05, 0.1) is 16.1 Å². The van der Waals surface area contributed by atoms with E-state index < -0.39 is 16.1 Å². The van der Waals surface area contributed by atoms with E-state index in [0.29, 0.717) is 0 Å². The topological polar surface area (TPSA) is 28.2 Å². The van der Waals surface area contributed by atoms with Crippen LogP contribution in [0.2, 0.25) is 26.2 Å². The Morgan fingerprint density at radius 2 is 0.778 bits per heavy atom. The molecule has 2 aliphatic carbocycles. The van der Waals surface area contributed by atoms with Crippen molar-refractivity contribution in [1.82, 2.24) is 0 Å². The minimum atomic E-state index is -1.38. The smallest absolute Gasteiger partial charge is 0.663 e. The van der Waals surface area contributed by atoms with E-state index >= 15 is 0 Å². The van der Waals surface area contributed by atoms with Gasteiger partial charge in [-0.25, -0.2) is 0 Å². The molecule has 10 radical (unpaired) electrons. The van der Waals surface area contributed by atoms with Crippen molar-refractivity contribution in [2.24, 2.45) is 0 Å². The van der Waals surface area contributed by atoms with Gasteiger partial charge in [0.15, 0.2) is 0 Å². The molecule has 0 aromatic rings. The van der Waals surface area contributed by atoms with Crippen molar-refractivity contribution in [3.05, 3.63) is 71.3 Å². The van der Waals surface area contributed by atoms with Crippen LogP contribution < -0.4 is 0 Å². The number of rotatable bonds is 4. The van der Waals surface area contributed by atoms with Gasteiger partial charge >= 0.3 is 26.2 Å². The van der Waals surface area contributed by atoms with E-state index in [-0.39, 0.29) is 26.2 Å². The van der Waals surface area contributed by atoms with E-state index in [2.05, 4.69) is 75.3 Å². The molecule has 3 fully saturated rings. The summed E-state index contributed by atoms with van der Waals surface area (Å²) in [5, 5.41) is 7.94. The molecular formula is C22H38N2Si2Zr+2. The first-order valence-electron chi connectivity index (χ1n) is 10.1. The Bertz CT molecular complexity index is 327. The van der Waals surface area contributed by atoms with Crippen molar-refractivity contribution in [2.75, 3.05) is 26.2 Å². The molecule has 2 nitrogen and oxygen atoms in total. The Labute approximate surface area is 193 Å². The molecule has 0 unspecified atom stereocenters. The number of hydrogen-bond donors (Lipinski definition) is 0. The Kier molecular flexibility index (Phi) is 14.1. The molecule has 0 spiro atoms. The maximum Gasteiger partial charge on any atom is 4.00 e. The second kappa shape index (κ2) is 13.5. The molecule has 0 amide bonds. The summed E-state index contributed by atoms with van der Waals surface area (Å²) in [5.41, 5.74) is 6.79. The molecule has 2 saturated carbocycles. The molecule has 3 aliphatic rings. The first-order valence-corrected chi connectivity index (χ1v) is 16.1. The van der Waals surface area contributed by atoms with Crippen LogP contribution in [0.3, 0.4) is 0 Å². The molecule has 5 heteroatoms. The summed E-state index contributed by atoms with van der Waals surface area (Å²) in [6.07, 6.45) is 14.1. The fourth-order valence-electron chi connectivity index (χ4n) is 3.76. The van der Waals surface area contributed by atoms with Crippen molar-refractivity contribution in [2.45, 2.75) is 53.9 Å². The van der Waals surface area contributed by atoms with Gasteiger partial charge in [-0.15, -0.1) is 0 Å². The number of hydrogen-bond acceptors (Lipinski definition) is 0. The van der Waals surface area contributed by atoms with E-state index in [9.17, 15) is 0 Å². The van der Waals surface area contributed by atoms with Gasteiger partial charge in [-0.2, -0.15) is 26.2 Å². The van der Waals surface area contributed by atoms with Crippen LogP contribution in [0.5, 0.6) is 0 Å². The van der Waals surface area contributed by atoms with Gasteiger partial charge in [0.1, 0.15) is 0 Å². The number of fused-ring (bicyclic) bond motifs is 2. The summed E-state index contributed by atoms with van der Waals surface area (Å²) < 4.78 is 0. The van der Waals surface area contributed by atoms with Crippen LogP contribution in [0.1, 0.15) is 27.7 Å². The zero-order chi connectivity index (χ0) is 19.8. The number of nitrogens with zero attached hydrogens (tertiary/aromatic N) is 2. The van der Waals surface area contributed by atoms with Crippen LogP contribution in [-0.4, -0.2) is 42.3 Å². The molecule has 0 atom stereocenters. The van der Waals surface area contributed by atoms with Crippen LogP contribution >= 0.6 is 0 Å². The predicted octanol–water partition coefficient (Wildman–Crippen LogP) is 5.92. The largest absolute Gasteiger partial charge is 4.00 e. The van der Waals surface area contributed by atoms with Crippen LogP contribution in [0.25, 0.3) is 10.6 Å². The maximum absolute atomic E-state index is 3.97. The van der Waals surface area contributed by atoms with E-state index in [1.54, 1.807) is 22.2 Å². The van der Waals surface area contributed by atoms with Gasteiger partial charge in [-0.05, 0) is 60.7 Å². The standard InChI is InChI=1S/C14H18Si2.2C4H10N.Zr/c1-15(2)11-7-5-9-13(11)16(3,4)14-10-6-8-12(14)15;2*1-3-5-4-2;/h5-10H,1-4H3;2*3-4H2,1-2H3;/q;2*-1;+4. The minimum Gasteiger partial charge on any atom is -0.663 e. The van der Waals surface area contributed by atoms with Crippen molar-refractivity contribution in [3.63, 3.8) is 0 Å². The average molecular weight is 478 g/mol. The van der Waals surface area contributed by atoms with Crippen molar-refractivity contribution < 1.29 is 26.2 Å². The van der Waals surface area contributed by atoms with E-state index in [0.717, 1.165) is 26.2 Å². The molecule has 1 aliphatic heterocycles. The molecule has 0 bridgehead atoms. The molecule has 0 aromatic carbocycles. The SMILES string of the molecule is CC[N-]CC.CC[N-]CC.C[Si]1(C)[C]2[CH][CH][CH][C]2[Si](C)(C)[C]2[CH][CH][CH][C]21.[Zr+4]. The second-order valence-corrected chi connectivity index (χ2v) is 16.3. The predicted molar refractivity (Wildman–Crippen MR) is 123 cm³/mol. The van der Waals surface area contributed by atoms with Crippen LogP contribution in [0.4, 0.5) is 0 Å². The Morgan fingerprint density at radius 1 is 0.556 bits per heavy atom. The van der Waals surface area contributed by atoms with Crippen molar-refractivity contribution in [1.29, 1.82) is 0 Å². The zero-order valence-corrected chi connectivity index (χ0v) is 23.1. The zero-order valence-electron chi connectivity index (χ0n) is 18.7. The first-order chi connectivity index (χ1) is 12.3. The first kappa shape index (κ1) is 28.2. The molecule has 146 valence electrons. The summed E-state index contributed by atoms with van der Waals surface area (Å²) in [6.45, 7) is 22.0. The van der Waals surface area contributed by atoms with Crippen LogP contribution in [0.15, 0.2) is 0 Å². The third-order valence-electron chi connectivity index (χ3n) is 5.22. The third kappa shape index (κ3) is 7.16. The Morgan fingerprint density at radius 3 is 0.926 bits per heavy atom. The molecule has 0 N–H and O–H groups in total. The fraction of sp³-hybridized carbons (Fsp3) is 0.545. The average Bonchev–Trinajstić information content (AvgIpc) is 3.27. The molecule has 1 heterocycles. The molecule has 3 rings (SSSR count). The molecular weight excluding hydrogens is 440 g/mol. The van der Waals surface area contributed by atoms with Gasteiger partial charge < -0.3 is 10.6 Å².